The molecule has 0 saturated heterocycles. The number of carbonyl (C=O) groups excluding carboxylic acids is 1. The zero-order valence-electron chi connectivity index (χ0n) is 9.66. The van der Waals surface area contributed by atoms with Crippen molar-refractivity contribution in [1.29, 1.82) is 0 Å². The highest BCUT2D eigenvalue weighted by Crippen LogP contribution is 2.09. The van der Waals surface area contributed by atoms with Gasteiger partial charge in [0.2, 0.25) is 0 Å². The van der Waals surface area contributed by atoms with Crippen molar-refractivity contribution in [3.8, 4) is 0 Å². The van der Waals surface area contributed by atoms with Gasteiger partial charge in [-0.1, -0.05) is 0 Å². The maximum atomic E-state index is 11.6. The van der Waals surface area contributed by atoms with Crippen LogP contribution in [0.1, 0.15) is 5.69 Å². The Labute approximate surface area is 111 Å². The molecule has 0 aliphatic heterocycles. The van der Waals surface area contributed by atoms with Gasteiger partial charge in [-0.25, -0.2) is 19.6 Å². The SMILES string of the molecule is O=C(Nc1nccs1)N[C@H](Cc1cnc[nH]1)C(=O)O. The van der Waals surface area contributed by atoms with Crippen molar-refractivity contribution in [2.24, 2.45) is 0 Å². The number of aliphatic carboxylic acids is 1. The Morgan fingerprint density at radius 2 is 2.37 bits per heavy atom. The molecule has 0 unspecified atom stereocenters. The van der Waals surface area contributed by atoms with Crippen LogP contribution in [0.15, 0.2) is 24.1 Å². The van der Waals surface area contributed by atoms with E-state index >= 15 is 0 Å². The highest BCUT2D eigenvalue weighted by atomic mass is 32.1. The lowest BCUT2D eigenvalue weighted by Gasteiger charge is -2.13. The van der Waals surface area contributed by atoms with Crippen molar-refractivity contribution < 1.29 is 14.7 Å². The van der Waals surface area contributed by atoms with E-state index in [1.165, 1.54) is 23.9 Å². The smallest absolute Gasteiger partial charge is 0.326 e. The maximum Gasteiger partial charge on any atom is 0.326 e. The maximum absolute atomic E-state index is 11.6. The van der Waals surface area contributed by atoms with Gasteiger partial charge in [0.05, 0.1) is 6.33 Å². The summed E-state index contributed by atoms with van der Waals surface area (Å²) in [6.07, 6.45) is 4.63. The van der Waals surface area contributed by atoms with Crippen LogP contribution in [-0.4, -0.2) is 38.1 Å². The Kier molecular flexibility index (Phi) is 4.08. The van der Waals surface area contributed by atoms with Gasteiger partial charge in [0.15, 0.2) is 5.13 Å². The summed E-state index contributed by atoms with van der Waals surface area (Å²) in [4.78, 5) is 33.1. The molecule has 0 aliphatic rings. The van der Waals surface area contributed by atoms with E-state index in [0.29, 0.717) is 10.8 Å². The largest absolute Gasteiger partial charge is 0.480 e. The first-order chi connectivity index (χ1) is 9.15. The van der Waals surface area contributed by atoms with Gasteiger partial charge >= 0.3 is 12.0 Å². The summed E-state index contributed by atoms with van der Waals surface area (Å²) in [6.45, 7) is 0. The fraction of sp³-hybridized carbons (Fsp3) is 0.200. The first kappa shape index (κ1) is 13.0. The van der Waals surface area contributed by atoms with E-state index in [-0.39, 0.29) is 6.42 Å². The van der Waals surface area contributed by atoms with Crippen LogP contribution in [0, 0.1) is 0 Å². The van der Waals surface area contributed by atoms with Crippen molar-refractivity contribution in [1.82, 2.24) is 20.3 Å². The van der Waals surface area contributed by atoms with Crippen LogP contribution in [0.2, 0.25) is 0 Å². The van der Waals surface area contributed by atoms with E-state index in [4.69, 9.17) is 5.11 Å². The number of aromatic nitrogens is 3. The van der Waals surface area contributed by atoms with Crippen molar-refractivity contribution >= 4 is 28.5 Å². The number of carbonyl (C=O) groups is 2. The first-order valence-corrected chi connectivity index (χ1v) is 6.20. The van der Waals surface area contributed by atoms with E-state index in [9.17, 15) is 9.59 Å². The van der Waals surface area contributed by atoms with Crippen LogP contribution in [0.25, 0.3) is 0 Å². The number of imidazole rings is 1. The summed E-state index contributed by atoms with van der Waals surface area (Å²) in [5, 5.41) is 16.0. The van der Waals surface area contributed by atoms with Crippen molar-refractivity contribution in [3.63, 3.8) is 0 Å². The highest BCUT2D eigenvalue weighted by Gasteiger charge is 2.21. The van der Waals surface area contributed by atoms with Crippen LogP contribution in [0.4, 0.5) is 9.93 Å². The molecule has 1 atom stereocenters. The number of aromatic amines is 1. The number of carboxylic acid groups (broad SMARTS) is 1. The number of nitrogens with zero attached hydrogens (tertiary/aromatic N) is 2. The van der Waals surface area contributed by atoms with Gasteiger partial charge in [-0.2, -0.15) is 0 Å². The Morgan fingerprint density at radius 3 is 2.95 bits per heavy atom. The molecule has 2 aromatic rings. The van der Waals surface area contributed by atoms with Gasteiger partial charge in [-0.15, -0.1) is 11.3 Å². The van der Waals surface area contributed by atoms with E-state index in [2.05, 4.69) is 25.6 Å². The molecule has 0 saturated carbocycles. The summed E-state index contributed by atoms with van der Waals surface area (Å²) in [5.74, 6) is -1.12. The summed E-state index contributed by atoms with van der Waals surface area (Å²) in [7, 11) is 0. The van der Waals surface area contributed by atoms with Gasteiger partial charge in [0, 0.05) is 29.9 Å². The zero-order valence-corrected chi connectivity index (χ0v) is 10.5. The minimum atomic E-state index is -1.12. The molecular formula is C10H11N5O3S. The second kappa shape index (κ2) is 5.96. The lowest BCUT2D eigenvalue weighted by molar-refractivity contribution is -0.139. The number of thiazole rings is 1. The fourth-order valence-electron chi connectivity index (χ4n) is 1.39. The third-order valence-corrected chi connectivity index (χ3v) is 2.92. The van der Waals surface area contributed by atoms with Gasteiger partial charge < -0.3 is 15.4 Å². The van der Waals surface area contributed by atoms with E-state index in [1.54, 1.807) is 11.6 Å². The first-order valence-electron chi connectivity index (χ1n) is 5.32. The third-order valence-electron chi connectivity index (χ3n) is 2.24. The molecule has 0 spiro atoms. The number of anilines is 1. The van der Waals surface area contributed by atoms with E-state index in [0.717, 1.165) is 0 Å². The van der Waals surface area contributed by atoms with Crippen LogP contribution >= 0.6 is 11.3 Å². The highest BCUT2D eigenvalue weighted by molar-refractivity contribution is 7.13. The van der Waals surface area contributed by atoms with Crippen LogP contribution in [0.5, 0.6) is 0 Å². The van der Waals surface area contributed by atoms with Gasteiger partial charge in [-0.05, 0) is 0 Å². The van der Waals surface area contributed by atoms with E-state index < -0.39 is 18.0 Å². The lowest BCUT2D eigenvalue weighted by Crippen LogP contribution is -2.44. The molecule has 2 aromatic heterocycles. The van der Waals surface area contributed by atoms with Crippen molar-refractivity contribution in [2.45, 2.75) is 12.5 Å². The topological polar surface area (TPSA) is 120 Å². The molecule has 0 aliphatic carbocycles. The minimum absolute atomic E-state index is 0.126. The number of hydrogen-bond donors (Lipinski definition) is 4. The number of hydrogen-bond acceptors (Lipinski definition) is 5. The second-order valence-corrected chi connectivity index (χ2v) is 4.50. The van der Waals surface area contributed by atoms with Crippen LogP contribution in [-0.2, 0) is 11.2 Å². The number of carboxylic acids is 1. The number of rotatable bonds is 5. The van der Waals surface area contributed by atoms with Crippen molar-refractivity contribution in [2.75, 3.05) is 5.32 Å². The Balaban J connectivity index is 1.93. The average Bonchev–Trinajstić information content (AvgIpc) is 3.00. The molecular weight excluding hydrogens is 270 g/mol. The Bertz CT molecular complexity index is 540. The second-order valence-electron chi connectivity index (χ2n) is 3.61. The van der Waals surface area contributed by atoms with E-state index in [1.807, 2.05) is 0 Å². The van der Waals surface area contributed by atoms with Gasteiger partial charge in [0.1, 0.15) is 6.04 Å². The van der Waals surface area contributed by atoms with Crippen LogP contribution < -0.4 is 10.6 Å². The quantitative estimate of drug-likeness (QED) is 0.642. The summed E-state index contributed by atoms with van der Waals surface area (Å²) < 4.78 is 0. The normalized spacial score (nSPS) is 11.8. The van der Waals surface area contributed by atoms with Crippen LogP contribution in [0.3, 0.4) is 0 Å². The Morgan fingerprint density at radius 1 is 1.53 bits per heavy atom. The summed E-state index contributed by atoms with van der Waals surface area (Å²) in [5.41, 5.74) is 0.627. The lowest BCUT2D eigenvalue weighted by atomic mass is 10.2. The molecule has 0 fully saturated rings. The predicted molar refractivity (Wildman–Crippen MR) is 68.0 cm³/mol. The molecule has 2 rings (SSSR count). The number of nitrogens with one attached hydrogen (secondary N) is 3. The standard InChI is InChI=1S/C10H11N5O3S/c16-8(17)7(3-6-4-11-5-13-6)14-9(18)15-10-12-1-2-19-10/h1-2,4-5,7H,3H2,(H,11,13)(H,16,17)(H2,12,14,15,18)/t7-/m1/s1. The summed E-state index contributed by atoms with van der Waals surface area (Å²) in [6, 6.07) is -1.65. The minimum Gasteiger partial charge on any atom is -0.480 e. The summed E-state index contributed by atoms with van der Waals surface area (Å²) >= 11 is 1.25. The molecule has 4 N–H and O–H groups in total. The number of H-pyrrole nitrogens is 1. The van der Waals surface area contributed by atoms with Gasteiger partial charge in [-0.3, -0.25) is 5.32 Å². The third kappa shape index (κ3) is 3.78. The Hall–Kier alpha value is -2.42. The molecule has 2 amide bonds. The molecule has 8 nitrogen and oxygen atoms in total. The molecule has 0 aromatic carbocycles. The molecule has 9 heteroatoms. The fourth-order valence-corrected chi connectivity index (χ4v) is 1.92. The molecule has 100 valence electrons. The average molecular weight is 281 g/mol. The number of urea groups is 1. The molecule has 2 heterocycles. The van der Waals surface area contributed by atoms with Crippen molar-refractivity contribution in [3.05, 3.63) is 29.8 Å². The zero-order chi connectivity index (χ0) is 13.7. The molecule has 19 heavy (non-hydrogen) atoms. The monoisotopic (exact) mass is 281 g/mol. The predicted octanol–water partition coefficient (Wildman–Crippen LogP) is 0.684. The van der Waals surface area contributed by atoms with Gasteiger partial charge in [0.25, 0.3) is 0 Å². The number of amides is 2. The molecule has 0 bridgehead atoms. The molecule has 0 radical (unpaired) electrons.